The molecular formula is C21H16N2O2. The lowest BCUT2D eigenvalue weighted by Gasteiger charge is -2.11. The van der Waals surface area contributed by atoms with Crippen LogP contribution in [0, 0.1) is 10.1 Å². The highest BCUT2D eigenvalue weighted by atomic mass is 16.6. The number of nitro groups is 1. The second kappa shape index (κ2) is 6.24. The highest BCUT2D eigenvalue weighted by Gasteiger charge is 2.11. The van der Waals surface area contributed by atoms with Gasteiger partial charge in [-0.3, -0.25) is 10.1 Å². The van der Waals surface area contributed by atoms with Crippen LogP contribution in [-0.4, -0.2) is 9.49 Å². The van der Waals surface area contributed by atoms with E-state index in [2.05, 4.69) is 34.9 Å². The molecule has 0 fully saturated rings. The first-order valence-corrected chi connectivity index (χ1v) is 8.09. The van der Waals surface area contributed by atoms with E-state index in [1.165, 1.54) is 5.39 Å². The van der Waals surface area contributed by atoms with Crippen molar-refractivity contribution in [2.75, 3.05) is 0 Å². The number of fused-ring (bicyclic) bond motifs is 1. The first-order valence-electron chi connectivity index (χ1n) is 8.09. The van der Waals surface area contributed by atoms with Gasteiger partial charge in [-0.05, 0) is 23.3 Å². The molecule has 0 aliphatic carbocycles. The molecule has 0 radical (unpaired) electrons. The number of hydrogen-bond acceptors (Lipinski definition) is 2. The minimum atomic E-state index is -0.371. The molecule has 4 heteroatoms. The largest absolute Gasteiger partial charge is 0.336 e. The van der Waals surface area contributed by atoms with E-state index >= 15 is 0 Å². The third-order valence-corrected chi connectivity index (χ3v) is 4.37. The van der Waals surface area contributed by atoms with E-state index in [0.29, 0.717) is 6.54 Å². The van der Waals surface area contributed by atoms with Crippen molar-refractivity contribution in [3.8, 4) is 11.3 Å². The summed E-state index contributed by atoms with van der Waals surface area (Å²) in [5.41, 5.74) is 4.59. The summed E-state index contributed by atoms with van der Waals surface area (Å²) in [6.07, 6.45) is 0. The number of hydrogen-bond donors (Lipinski definition) is 0. The topological polar surface area (TPSA) is 48.1 Å². The Hall–Kier alpha value is -3.40. The molecule has 0 unspecified atom stereocenters. The Morgan fingerprint density at radius 3 is 2.24 bits per heavy atom. The summed E-state index contributed by atoms with van der Waals surface area (Å²) in [5, 5.41) is 12.0. The van der Waals surface area contributed by atoms with Gasteiger partial charge in [0.25, 0.3) is 5.69 Å². The van der Waals surface area contributed by atoms with Gasteiger partial charge in [0.15, 0.2) is 0 Å². The molecular weight excluding hydrogens is 312 g/mol. The molecule has 0 amide bonds. The maximum Gasteiger partial charge on any atom is 0.269 e. The normalized spacial score (nSPS) is 10.9. The summed E-state index contributed by atoms with van der Waals surface area (Å²) in [5.74, 6) is 0. The van der Waals surface area contributed by atoms with Crippen molar-refractivity contribution in [2.24, 2.45) is 0 Å². The van der Waals surface area contributed by atoms with Crippen LogP contribution < -0.4 is 0 Å². The van der Waals surface area contributed by atoms with E-state index in [1.54, 1.807) is 12.1 Å². The van der Waals surface area contributed by atoms with E-state index < -0.39 is 0 Å². The van der Waals surface area contributed by atoms with Crippen molar-refractivity contribution in [1.82, 2.24) is 4.57 Å². The van der Waals surface area contributed by atoms with Crippen LogP contribution in [0.4, 0.5) is 5.69 Å². The van der Waals surface area contributed by atoms with E-state index in [4.69, 9.17) is 0 Å². The van der Waals surface area contributed by atoms with Gasteiger partial charge < -0.3 is 4.57 Å². The molecule has 0 bridgehead atoms. The highest BCUT2D eigenvalue weighted by Crippen LogP contribution is 2.29. The molecule has 1 heterocycles. The van der Waals surface area contributed by atoms with E-state index in [1.807, 2.05) is 42.5 Å². The second-order valence-electron chi connectivity index (χ2n) is 5.96. The molecule has 25 heavy (non-hydrogen) atoms. The molecule has 0 N–H and O–H groups in total. The highest BCUT2D eigenvalue weighted by molar-refractivity contribution is 5.87. The molecule has 4 aromatic rings. The van der Waals surface area contributed by atoms with Crippen molar-refractivity contribution < 1.29 is 4.92 Å². The Labute approximate surface area is 145 Å². The fourth-order valence-corrected chi connectivity index (χ4v) is 3.13. The fourth-order valence-electron chi connectivity index (χ4n) is 3.13. The quantitative estimate of drug-likeness (QED) is 0.379. The Balaban J connectivity index is 1.81. The van der Waals surface area contributed by atoms with E-state index in [-0.39, 0.29) is 10.6 Å². The van der Waals surface area contributed by atoms with Crippen LogP contribution in [0.15, 0.2) is 84.9 Å². The zero-order chi connectivity index (χ0) is 17.2. The lowest BCUT2D eigenvalue weighted by molar-refractivity contribution is -0.384. The Morgan fingerprint density at radius 1 is 0.840 bits per heavy atom. The van der Waals surface area contributed by atoms with Crippen LogP contribution in [0.5, 0.6) is 0 Å². The van der Waals surface area contributed by atoms with Gasteiger partial charge in [-0.15, -0.1) is 0 Å². The number of rotatable bonds is 4. The van der Waals surface area contributed by atoms with E-state index in [0.717, 1.165) is 22.3 Å². The zero-order valence-electron chi connectivity index (χ0n) is 13.5. The number of non-ortho nitro benzene ring substituents is 1. The molecule has 0 aliphatic rings. The van der Waals surface area contributed by atoms with Crippen LogP contribution in [0.1, 0.15) is 5.56 Å². The maximum atomic E-state index is 10.8. The van der Waals surface area contributed by atoms with Gasteiger partial charge in [-0.25, -0.2) is 0 Å². The Morgan fingerprint density at radius 2 is 1.52 bits per heavy atom. The molecule has 122 valence electrons. The van der Waals surface area contributed by atoms with Crippen LogP contribution in [0.2, 0.25) is 0 Å². The predicted molar refractivity (Wildman–Crippen MR) is 99.6 cm³/mol. The van der Waals surface area contributed by atoms with Crippen LogP contribution in [-0.2, 0) is 6.54 Å². The Kier molecular flexibility index (Phi) is 3.78. The monoisotopic (exact) mass is 328 g/mol. The van der Waals surface area contributed by atoms with Gasteiger partial charge in [-0.2, -0.15) is 0 Å². The number of benzene rings is 3. The summed E-state index contributed by atoms with van der Waals surface area (Å²) in [6.45, 7) is 0.662. The smallest absolute Gasteiger partial charge is 0.269 e. The molecule has 1 aromatic heterocycles. The summed E-state index contributed by atoms with van der Waals surface area (Å²) >= 11 is 0. The average Bonchev–Trinajstić information content (AvgIpc) is 3.02. The van der Waals surface area contributed by atoms with Crippen molar-refractivity contribution in [2.45, 2.75) is 6.54 Å². The van der Waals surface area contributed by atoms with Crippen LogP contribution >= 0.6 is 0 Å². The van der Waals surface area contributed by atoms with Crippen molar-refractivity contribution in [3.63, 3.8) is 0 Å². The predicted octanol–water partition coefficient (Wildman–Crippen LogP) is 5.26. The first kappa shape index (κ1) is 15.1. The second-order valence-corrected chi connectivity index (χ2v) is 5.96. The lowest BCUT2D eigenvalue weighted by atomic mass is 10.1. The van der Waals surface area contributed by atoms with E-state index in [9.17, 15) is 10.1 Å². The number of aromatic nitrogens is 1. The van der Waals surface area contributed by atoms with Gasteiger partial charge in [-0.1, -0.05) is 60.7 Å². The van der Waals surface area contributed by atoms with Gasteiger partial charge in [0.2, 0.25) is 0 Å². The molecule has 3 aromatic carbocycles. The molecule has 0 saturated carbocycles. The minimum Gasteiger partial charge on any atom is -0.336 e. The van der Waals surface area contributed by atoms with Gasteiger partial charge in [0, 0.05) is 35.3 Å². The molecule has 0 aliphatic heterocycles. The van der Waals surface area contributed by atoms with Gasteiger partial charge in [0.05, 0.1) is 4.92 Å². The number of para-hydroxylation sites is 1. The summed E-state index contributed by atoms with van der Waals surface area (Å²) in [7, 11) is 0. The van der Waals surface area contributed by atoms with Gasteiger partial charge >= 0.3 is 0 Å². The average molecular weight is 328 g/mol. The Bertz CT molecular complexity index is 1030. The number of nitrogens with zero attached hydrogens (tertiary/aromatic N) is 2. The zero-order valence-corrected chi connectivity index (χ0v) is 13.5. The number of nitro benzene ring substituents is 1. The summed E-state index contributed by atoms with van der Waals surface area (Å²) < 4.78 is 2.26. The minimum absolute atomic E-state index is 0.115. The summed E-state index contributed by atoms with van der Waals surface area (Å²) in [6, 6.07) is 27.5. The third-order valence-electron chi connectivity index (χ3n) is 4.37. The fraction of sp³-hybridized carbons (Fsp3) is 0.0476. The molecule has 4 nitrogen and oxygen atoms in total. The molecule has 0 saturated heterocycles. The molecule has 4 rings (SSSR count). The van der Waals surface area contributed by atoms with Crippen LogP contribution in [0.25, 0.3) is 22.2 Å². The maximum absolute atomic E-state index is 10.8. The third kappa shape index (κ3) is 2.90. The van der Waals surface area contributed by atoms with Crippen molar-refractivity contribution in [1.29, 1.82) is 0 Å². The summed E-state index contributed by atoms with van der Waals surface area (Å²) in [4.78, 5) is 10.5. The van der Waals surface area contributed by atoms with Gasteiger partial charge in [0.1, 0.15) is 0 Å². The first-order chi connectivity index (χ1) is 12.2. The molecule has 0 spiro atoms. The SMILES string of the molecule is O=[N+]([O-])c1ccc(Cn2c(-c3ccccc3)cc3ccccc32)cc1. The van der Waals surface area contributed by atoms with Crippen LogP contribution in [0.3, 0.4) is 0 Å². The molecule has 0 atom stereocenters. The van der Waals surface area contributed by atoms with Crippen molar-refractivity contribution >= 4 is 16.6 Å². The standard InChI is InChI=1S/C21H16N2O2/c24-23(25)19-12-10-16(11-13-19)15-22-20-9-5-4-8-18(20)14-21(22)17-6-2-1-3-7-17/h1-14H,15H2. The van der Waals surface area contributed by atoms with Crippen molar-refractivity contribution in [3.05, 3.63) is 101 Å². The lowest BCUT2D eigenvalue weighted by Crippen LogP contribution is -2.01.